The Bertz CT molecular complexity index is 826. The first-order valence-electron chi connectivity index (χ1n) is 9.66. The van der Waals surface area contributed by atoms with Crippen molar-refractivity contribution in [3.05, 3.63) is 64.7 Å². The molecule has 0 unspecified atom stereocenters. The molecule has 0 radical (unpaired) electrons. The van der Waals surface area contributed by atoms with Gasteiger partial charge in [-0.1, -0.05) is 24.3 Å². The maximum atomic E-state index is 11.2. The van der Waals surface area contributed by atoms with Crippen LogP contribution in [0.4, 0.5) is 0 Å². The SMILES string of the molecule is CCOCCOc1cc(C)ccc1CNC(=NC)NCc1ccc(C(N)=O)cc1.I. The molecule has 2 aromatic carbocycles. The fraction of sp³-hybridized carbons (Fsp3) is 0.364. The number of aryl methyl sites for hydroxylation is 1. The molecule has 0 aliphatic carbocycles. The van der Waals surface area contributed by atoms with Crippen LogP contribution in [0, 0.1) is 6.92 Å². The van der Waals surface area contributed by atoms with Gasteiger partial charge < -0.3 is 25.8 Å². The number of carbonyl (C=O) groups is 1. The number of amides is 1. The van der Waals surface area contributed by atoms with Gasteiger partial charge in [-0.2, -0.15) is 0 Å². The predicted octanol–water partition coefficient (Wildman–Crippen LogP) is 2.99. The van der Waals surface area contributed by atoms with Crippen LogP contribution >= 0.6 is 24.0 Å². The third-order valence-corrected chi connectivity index (χ3v) is 4.28. The number of aliphatic imine (C=N–C) groups is 1. The van der Waals surface area contributed by atoms with Gasteiger partial charge in [-0.3, -0.25) is 9.79 Å². The van der Waals surface area contributed by atoms with E-state index in [9.17, 15) is 4.79 Å². The molecule has 4 N–H and O–H groups in total. The highest BCUT2D eigenvalue weighted by Crippen LogP contribution is 2.20. The molecule has 1 amide bonds. The number of hydrogen-bond acceptors (Lipinski definition) is 4. The van der Waals surface area contributed by atoms with Crippen molar-refractivity contribution in [1.29, 1.82) is 0 Å². The van der Waals surface area contributed by atoms with E-state index in [2.05, 4.69) is 21.7 Å². The van der Waals surface area contributed by atoms with Crippen LogP contribution in [-0.4, -0.2) is 38.7 Å². The third-order valence-electron chi connectivity index (χ3n) is 4.28. The molecular formula is C22H31IN4O3. The molecule has 0 bridgehead atoms. The number of carbonyl (C=O) groups excluding carboxylic acids is 1. The summed E-state index contributed by atoms with van der Waals surface area (Å²) in [5.74, 6) is 1.08. The summed E-state index contributed by atoms with van der Waals surface area (Å²) in [6.07, 6.45) is 0. The summed E-state index contributed by atoms with van der Waals surface area (Å²) in [6, 6.07) is 13.3. The number of halogens is 1. The van der Waals surface area contributed by atoms with E-state index in [1.165, 1.54) is 0 Å². The van der Waals surface area contributed by atoms with Crippen LogP contribution in [0.15, 0.2) is 47.5 Å². The molecule has 7 nitrogen and oxygen atoms in total. The summed E-state index contributed by atoms with van der Waals surface area (Å²) >= 11 is 0. The van der Waals surface area contributed by atoms with Crippen molar-refractivity contribution in [3.8, 4) is 5.75 Å². The number of rotatable bonds is 10. The van der Waals surface area contributed by atoms with Gasteiger partial charge in [0.05, 0.1) is 6.61 Å². The van der Waals surface area contributed by atoms with Gasteiger partial charge in [0.2, 0.25) is 5.91 Å². The van der Waals surface area contributed by atoms with Crippen LogP contribution in [0.2, 0.25) is 0 Å². The summed E-state index contributed by atoms with van der Waals surface area (Å²) in [5, 5.41) is 6.56. The standard InChI is InChI=1S/C22H30N4O3.HI/c1-4-28-11-12-29-20-13-16(2)5-8-19(20)15-26-22(24-3)25-14-17-6-9-18(10-7-17)21(23)27;/h5-10,13H,4,11-12,14-15H2,1-3H3,(H2,23,27)(H2,24,25,26);1H. The van der Waals surface area contributed by atoms with E-state index in [0.717, 1.165) is 22.4 Å². The van der Waals surface area contributed by atoms with Crippen LogP contribution in [0.25, 0.3) is 0 Å². The smallest absolute Gasteiger partial charge is 0.248 e. The highest BCUT2D eigenvalue weighted by atomic mass is 127. The Hall–Kier alpha value is -2.33. The van der Waals surface area contributed by atoms with E-state index in [4.69, 9.17) is 15.2 Å². The van der Waals surface area contributed by atoms with E-state index < -0.39 is 5.91 Å². The van der Waals surface area contributed by atoms with Crippen molar-refractivity contribution in [2.75, 3.05) is 26.9 Å². The Morgan fingerprint density at radius 3 is 2.40 bits per heavy atom. The highest BCUT2D eigenvalue weighted by Gasteiger charge is 2.07. The Labute approximate surface area is 195 Å². The van der Waals surface area contributed by atoms with Gasteiger partial charge in [-0.05, 0) is 43.2 Å². The Morgan fingerprint density at radius 1 is 1.07 bits per heavy atom. The summed E-state index contributed by atoms with van der Waals surface area (Å²) < 4.78 is 11.2. The van der Waals surface area contributed by atoms with Crippen LogP contribution in [-0.2, 0) is 17.8 Å². The summed E-state index contributed by atoms with van der Waals surface area (Å²) in [7, 11) is 1.72. The lowest BCUT2D eigenvalue weighted by atomic mass is 10.1. The van der Waals surface area contributed by atoms with Gasteiger partial charge >= 0.3 is 0 Å². The van der Waals surface area contributed by atoms with Crippen LogP contribution < -0.4 is 21.1 Å². The Balaban J connectivity index is 0.00000450. The first-order valence-corrected chi connectivity index (χ1v) is 9.66. The zero-order valence-electron chi connectivity index (χ0n) is 17.7. The second-order valence-corrected chi connectivity index (χ2v) is 6.50. The molecule has 0 spiro atoms. The van der Waals surface area contributed by atoms with Crippen molar-refractivity contribution in [1.82, 2.24) is 10.6 Å². The number of nitrogens with two attached hydrogens (primary N) is 1. The molecule has 0 aromatic heterocycles. The molecule has 2 rings (SSSR count). The molecule has 2 aromatic rings. The molecule has 0 saturated carbocycles. The van der Waals surface area contributed by atoms with Gasteiger partial charge in [0, 0.05) is 37.9 Å². The number of nitrogens with zero attached hydrogens (tertiary/aromatic N) is 1. The van der Waals surface area contributed by atoms with Crippen molar-refractivity contribution < 1.29 is 14.3 Å². The first-order chi connectivity index (χ1) is 14.0. The number of primary amides is 1. The van der Waals surface area contributed by atoms with Gasteiger partial charge in [-0.15, -0.1) is 24.0 Å². The van der Waals surface area contributed by atoms with Gasteiger partial charge in [-0.25, -0.2) is 0 Å². The second kappa shape index (κ2) is 13.8. The minimum Gasteiger partial charge on any atom is -0.491 e. The molecule has 0 fully saturated rings. The van der Waals surface area contributed by atoms with Gasteiger partial charge in [0.15, 0.2) is 5.96 Å². The quantitative estimate of drug-likeness (QED) is 0.192. The molecule has 164 valence electrons. The molecule has 0 atom stereocenters. The lowest BCUT2D eigenvalue weighted by Gasteiger charge is -2.15. The fourth-order valence-electron chi connectivity index (χ4n) is 2.67. The summed E-state index contributed by atoms with van der Waals surface area (Å²) in [4.78, 5) is 15.4. The predicted molar refractivity (Wildman–Crippen MR) is 131 cm³/mol. The molecule has 0 aliphatic rings. The molecule has 30 heavy (non-hydrogen) atoms. The largest absolute Gasteiger partial charge is 0.491 e. The maximum Gasteiger partial charge on any atom is 0.248 e. The van der Waals surface area contributed by atoms with E-state index in [0.29, 0.717) is 44.4 Å². The van der Waals surface area contributed by atoms with Gasteiger partial charge in [0.25, 0.3) is 0 Å². The van der Waals surface area contributed by atoms with E-state index in [1.54, 1.807) is 19.2 Å². The normalized spacial score (nSPS) is 10.8. The zero-order chi connectivity index (χ0) is 21.1. The van der Waals surface area contributed by atoms with Gasteiger partial charge in [0.1, 0.15) is 12.4 Å². The fourth-order valence-corrected chi connectivity index (χ4v) is 2.67. The monoisotopic (exact) mass is 526 g/mol. The molecule has 0 saturated heterocycles. The molecule has 0 heterocycles. The third kappa shape index (κ3) is 8.58. The number of guanidine groups is 1. The molecule has 8 heteroatoms. The van der Waals surface area contributed by atoms with Crippen molar-refractivity contribution in [2.24, 2.45) is 10.7 Å². The molecular weight excluding hydrogens is 495 g/mol. The number of benzene rings is 2. The zero-order valence-corrected chi connectivity index (χ0v) is 20.1. The lowest BCUT2D eigenvalue weighted by Crippen LogP contribution is -2.36. The molecule has 0 aliphatic heterocycles. The maximum absolute atomic E-state index is 11.2. The topological polar surface area (TPSA) is 98.0 Å². The van der Waals surface area contributed by atoms with Crippen LogP contribution in [0.5, 0.6) is 5.75 Å². The Morgan fingerprint density at radius 2 is 1.77 bits per heavy atom. The van der Waals surface area contributed by atoms with Crippen molar-refractivity contribution >= 4 is 35.8 Å². The minimum absolute atomic E-state index is 0. The first kappa shape index (κ1) is 25.7. The van der Waals surface area contributed by atoms with Crippen LogP contribution in [0.3, 0.4) is 0 Å². The van der Waals surface area contributed by atoms with Crippen LogP contribution in [0.1, 0.15) is 34.0 Å². The average molecular weight is 526 g/mol. The average Bonchev–Trinajstić information content (AvgIpc) is 2.72. The number of hydrogen-bond donors (Lipinski definition) is 3. The van der Waals surface area contributed by atoms with E-state index >= 15 is 0 Å². The summed E-state index contributed by atoms with van der Waals surface area (Å²) in [6.45, 7) is 6.91. The number of ether oxygens (including phenoxy) is 2. The van der Waals surface area contributed by atoms with Crippen molar-refractivity contribution in [3.63, 3.8) is 0 Å². The highest BCUT2D eigenvalue weighted by molar-refractivity contribution is 14.0. The van der Waals surface area contributed by atoms with E-state index in [-0.39, 0.29) is 24.0 Å². The Kier molecular flexibility index (Phi) is 11.8. The van der Waals surface area contributed by atoms with E-state index in [1.807, 2.05) is 38.1 Å². The lowest BCUT2D eigenvalue weighted by molar-refractivity contribution is 0.100. The van der Waals surface area contributed by atoms with Crippen molar-refractivity contribution in [2.45, 2.75) is 26.9 Å². The second-order valence-electron chi connectivity index (χ2n) is 6.50. The minimum atomic E-state index is -0.431. The summed E-state index contributed by atoms with van der Waals surface area (Å²) in [5.41, 5.74) is 8.97. The number of nitrogens with one attached hydrogen (secondary N) is 2.